The molecule has 0 aliphatic rings. The highest BCUT2D eigenvalue weighted by atomic mass is 15.0. The second kappa shape index (κ2) is 23.2. The van der Waals surface area contributed by atoms with Crippen LogP contribution in [0, 0.1) is 12.8 Å². The quantitative estimate of drug-likeness (QED) is 0.0803. The fourth-order valence-electron chi connectivity index (χ4n) is 11.7. The standard InChI is InChI=1S/C75H70N2/c1-6-8-23-55-37-39-74(76(5)52-55)72-35-21-20-34-71(72)69(53(3)7-2)41-43-77-42-40-59-30-18-19-33-70(59)75(77)73-51-62(38-36-54(73)4)60-31-22-32-61(44-60)66-46-65(58-28-16-11-17-29-58)49-68(50-66)67-47-63(56-24-12-9-13-25-56)45-64(48-67)57-26-14-10-15-27-57/h9-22,24-40,42,44-53,69H,6-8,23,41,43H2,1-5H3/q+2. The third-order valence-corrected chi connectivity index (χ3v) is 16.1. The van der Waals surface area contributed by atoms with Gasteiger partial charge in [-0.05, 0) is 182 Å². The summed E-state index contributed by atoms with van der Waals surface area (Å²) in [5, 5.41) is 2.53. The number of hydrogen-bond donors (Lipinski definition) is 0. The summed E-state index contributed by atoms with van der Waals surface area (Å²) in [5.74, 6) is 0.875. The van der Waals surface area contributed by atoms with Crippen molar-refractivity contribution in [1.29, 1.82) is 0 Å². The van der Waals surface area contributed by atoms with Crippen LogP contribution in [0.3, 0.4) is 0 Å². The molecule has 2 unspecified atom stereocenters. The lowest BCUT2D eigenvalue weighted by atomic mass is 9.80. The Morgan fingerprint density at radius 2 is 0.948 bits per heavy atom. The molecule has 9 aromatic carbocycles. The van der Waals surface area contributed by atoms with Crippen molar-refractivity contribution in [3.8, 4) is 89.3 Å². The zero-order chi connectivity index (χ0) is 52.7. The van der Waals surface area contributed by atoms with E-state index >= 15 is 0 Å². The maximum absolute atomic E-state index is 2.55. The zero-order valence-corrected chi connectivity index (χ0v) is 45.5. The Bertz CT molecular complexity index is 3760. The number of rotatable bonds is 17. The largest absolute Gasteiger partial charge is 0.220 e. The van der Waals surface area contributed by atoms with Gasteiger partial charge >= 0.3 is 0 Å². The van der Waals surface area contributed by atoms with E-state index in [1.165, 1.54) is 130 Å². The number of pyridine rings is 2. The first-order valence-electron chi connectivity index (χ1n) is 28.0. The number of nitrogens with zero attached hydrogens (tertiary/aromatic N) is 2. The van der Waals surface area contributed by atoms with Gasteiger partial charge in [0.05, 0.1) is 10.9 Å². The molecule has 0 aliphatic heterocycles. The van der Waals surface area contributed by atoms with E-state index in [4.69, 9.17) is 0 Å². The van der Waals surface area contributed by atoms with Gasteiger partial charge < -0.3 is 0 Å². The predicted octanol–water partition coefficient (Wildman–Crippen LogP) is 19.2. The van der Waals surface area contributed by atoms with E-state index < -0.39 is 0 Å². The average Bonchev–Trinajstić information content (AvgIpc) is 3.53. The van der Waals surface area contributed by atoms with Gasteiger partial charge in [-0.25, -0.2) is 4.57 Å². The van der Waals surface area contributed by atoms with Gasteiger partial charge in [0, 0.05) is 29.7 Å². The molecule has 0 radical (unpaired) electrons. The van der Waals surface area contributed by atoms with Crippen molar-refractivity contribution < 1.29 is 9.13 Å². The van der Waals surface area contributed by atoms with Crippen LogP contribution >= 0.6 is 0 Å². The summed E-state index contributed by atoms with van der Waals surface area (Å²) in [5.41, 5.74) is 23.6. The maximum Gasteiger partial charge on any atom is 0.220 e. The Kier molecular flexibility index (Phi) is 15.3. The summed E-state index contributed by atoms with van der Waals surface area (Å²) in [7, 11) is 2.22. The van der Waals surface area contributed by atoms with Gasteiger partial charge in [-0.1, -0.05) is 191 Å². The molecule has 2 nitrogen and oxygen atoms in total. The Hall–Kier alpha value is -8.46. The van der Waals surface area contributed by atoms with Crippen LogP contribution in [0.4, 0.5) is 0 Å². The summed E-state index contributed by atoms with van der Waals surface area (Å²) >= 11 is 0. The number of aryl methyl sites for hydroxylation is 4. The fourth-order valence-corrected chi connectivity index (χ4v) is 11.7. The van der Waals surface area contributed by atoms with E-state index in [1.807, 2.05) is 0 Å². The summed E-state index contributed by atoms with van der Waals surface area (Å²) in [6.07, 6.45) is 10.4. The van der Waals surface area contributed by atoms with E-state index in [0.29, 0.717) is 11.8 Å². The second-order valence-corrected chi connectivity index (χ2v) is 21.3. The van der Waals surface area contributed by atoms with Gasteiger partial charge in [0.2, 0.25) is 11.4 Å². The normalized spacial score (nSPS) is 12.2. The molecule has 0 spiro atoms. The van der Waals surface area contributed by atoms with Crippen molar-refractivity contribution in [2.75, 3.05) is 0 Å². The van der Waals surface area contributed by atoms with E-state index in [-0.39, 0.29) is 0 Å². The van der Waals surface area contributed by atoms with Gasteiger partial charge in [0.15, 0.2) is 12.4 Å². The molecule has 2 atom stereocenters. The molecule has 0 bridgehead atoms. The fraction of sp³-hybridized carbons (Fsp3) is 0.173. The molecule has 378 valence electrons. The highest BCUT2D eigenvalue weighted by Crippen LogP contribution is 2.41. The Balaban J connectivity index is 0.974. The lowest BCUT2D eigenvalue weighted by Gasteiger charge is -2.25. The van der Waals surface area contributed by atoms with Crippen molar-refractivity contribution in [3.05, 3.63) is 266 Å². The number of unbranched alkanes of at least 4 members (excludes halogenated alkanes) is 1. The number of fused-ring (bicyclic) bond motifs is 1. The highest BCUT2D eigenvalue weighted by Gasteiger charge is 2.28. The monoisotopic (exact) mass is 999 g/mol. The molecule has 11 aromatic rings. The lowest BCUT2D eigenvalue weighted by molar-refractivity contribution is -0.686. The molecule has 0 aliphatic carbocycles. The lowest BCUT2D eigenvalue weighted by Crippen LogP contribution is -2.37. The molecule has 77 heavy (non-hydrogen) atoms. The molecule has 0 fully saturated rings. The van der Waals surface area contributed by atoms with E-state index in [9.17, 15) is 0 Å². The summed E-state index contributed by atoms with van der Waals surface area (Å²) < 4.78 is 4.91. The molecular formula is C75H70N2+2. The topological polar surface area (TPSA) is 7.76 Å². The van der Waals surface area contributed by atoms with E-state index in [2.05, 4.69) is 293 Å². The van der Waals surface area contributed by atoms with Crippen molar-refractivity contribution in [3.63, 3.8) is 0 Å². The minimum atomic E-state index is 0.373. The molecule has 0 amide bonds. The number of hydrogen-bond acceptors (Lipinski definition) is 0. The third kappa shape index (κ3) is 11.1. The Morgan fingerprint density at radius 1 is 0.442 bits per heavy atom. The highest BCUT2D eigenvalue weighted by molar-refractivity contribution is 5.95. The molecule has 11 rings (SSSR count). The second-order valence-electron chi connectivity index (χ2n) is 21.3. The van der Waals surface area contributed by atoms with Crippen LogP contribution in [0.2, 0.25) is 0 Å². The van der Waals surface area contributed by atoms with Gasteiger partial charge in [0.25, 0.3) is 0 Å². The van der Waals surface area contributed by atoms with Gasteiger partial charge in [-0.15, -0.1) is 0 Å². The van der Waals surface area contributed by atoms with Gasteiger partial charge in [-0.3, -0.25) is 0 Å². The first-order valence-corrected chi connectivity index (χ1v) is 28.0. The zero-order valence-electron chi connectivity index (χ0n) is 45.5. The average molecular weight is 999 g/mol. The van der Waals surface area contributed by atoms with Gasteiger partial charge in [0.1, 0.15) is 13.6 Å². The van der Waals surface area contributed by atoms with Crippen LogP contribution in [0.5, 0.6) is 0 Å². The number of aromatic nitrogens is 2. The molecule has 0 saturated heterocycles. The van der Waals surface area contributed by atoms with Crippen LogP contribution in [0.25, 0.3) is 100 Å². The van der Waals surface area contributed by atoms with Crippen molar-refractivity contribution in [2.45, 2.75) is 72.3 Å². The third-order valence-electron chi connectivity index (χ3n) is 16.1. The molecule has 0 N–H and O–H groups in total. The van der Waals surface area contributed by atoms with Crippen LogP contribution in [-0.4, -0.2) is 0 Å². The smallest absolute Gasteiger partial charge is 0.201 e. The molecule has 0 saturated carbocycles. The van der Waals surface area contributed by atoms with Crippen molar-refractivity contribution in [2.24, 2.45) is 13.0 Å². The SMILES string of the molecule is CCCCc1ccc(-c2ccccc2C(CC[n+]2ccc3ccccc3c2-c2cc(-c3cccc(-c4cc(-c5ccccc5)cc(-c5cc(-c6ccccc6)cc(-c6ccccc6)c5)c4)c3)ccc2C)C(C)CC)[n+](C)c1. The minimum Gasteiger partial charge on any atom is -0.201 e. The van der Waals surface area contributed by atoms with Crippen LogP contribution < -0.4 is 9.13 Å². The Morgan fingerprint density at radius 3 is 1.55 bits per heavy atom. The van der Waals surface area contributed by atoms with Gasteiger partial charge in [-0.2, -0.15) is 4.57 Å². The minimum absolute atomic E-state index is 0.373. The molecule has 2 heterocycles. The van der Waals surface area contributed by atoms with Crippen molar-refractivity contribution >= 4 is 10.8 Å². The Labute approximate surface area is 457 Å². The van der Waals surface area contributed by atoms with Crippen LogP contribution in [-0.2, 0) is 20.0 Å². The molecule has 2 aromatic heterocycles. The molecule has 2 heteroatoms. The summed E-state index contributed by atoms with van der Waals surface area (Å²) in [6.45, 7) is 10.2. The summed E-state index contributed by atoms with van der Waals surface area (Å²) in [4.78, 5) is 0. The number of benzene rings is 9. The summed E-state index contributed by atoms with van der Waals surface area (Å²) in [6, 6.07) is 87.9. The first-order chi connectivity index (χ1) is 37.8. The first kappa shape index (κ1) is 50.7. The van der Waals surface area contributed by atoms with Crippen LogP contribution in [0.1, 0.15) is 69.1 Å². The maximum atomic E-state index is 2.55. The molecular weight excluding hydrogens is 929 g/mol. The van der Waals surface area contributed by atoms with Crippen LogP contribution in [0.15, 0.2) is 249 Å². The van der Waals surface area contributed by atoms with Crippen molar-refractivity contribution in [1.82, 2.24) is 0 Å². The predicted molar refractivity (Wildman–Crippen MR) is 325 cm³/mol. The van der Waals surface area contributed by atoms with E-state index in [0.717, 1.165) is 25.8 Å². The van der Waals surface area contributed by atoms with E-state index in [1.54, 1.807) is 0 Å².